The Morgan fingerprint density at radius 3 is 2.89 bits per heavy atom. The SMILES string of the molecule is Cc1nc2ccc(C3(C(O)CN)COC3)cc2o1. The maximum Gasteiger partial charge on any atom is 0.192 e. The van der Waals surface area contributed by atoms with Crippen LogP contribution in [0, 0.1) is 6.92 Å². The lowest BCUT2D eigenvalue weighted by atomic mass is 9.74. The number of aliphatic hydroxyl groups is 1. The molecule has 1 atom stereocenters. The predicted molar refractivity (Wildman–Crippen MR) is 66.3 cm³/mol. The molecule has 0 saturated carbocycles. The largest absolute Gasteiger partial charge is 0.441 e. The van der Waals surface area contributed by atoms with Crippen molar-refractivity contribution in [3.05, 3.63) is 29.7 Å². The Balaban J connectivity index is 2.07. The molecule has 1 aliphatic rings. The van der Waals surface area contributed by atoms with Gasteiger partial charge in [0.05, 0.1) is 24.7 Å². The summed E-state index contributed by atoms with van der Waals surface area (Å²) in [5, 5.41) is 10.1. The normalized spacial score (nSPS) is 19.7. The number of aliphatic hydroxyl groups excluding tert-OH is 1. The molecule has 5 heteroatoms. The highest BCUT2D eigenvalue weighted by Crippen LogP contribution is 2.37. The number of hydrogen-bond acceptors (Lipinski definition) is 5. The fourth-order valence-electron chi connectivity index (χ4n) is 2.45. The van der Waals surface area contributed by atoms with Crippen LogP contribution in [-0.2, 0) is 10.2 Å². The molecule has 2 aromatic rings. The molecule has 1 fully saturated rings. The Bertz CT molecular complexity index is 575. The maximum atomic E-state index is 10.1. The van der Waals surface area contributed by atoms with E-state index in [1.165, 1.54) is 0 Å². The molecule has 1 aromatic carbocycles. The number of hydrogen-bond donors (Lipinski definition) is 2. The van der Waals surface area contributed by atoms with Gasteiger partial charge < -0.3 is 20.0 Å². The first-order valence-corrected chi connectivity index (χ1v) is 5.99. The number of rotatable bonds is 3. The van der Waals surface area contributed by atoms with Crippen molar-refractivity contribution in [2.24, 2.45) is 5.73 Å². The van der Waals surface area contributed by atoms with Crippen LogP contribution >= 0.6 is 0 Å². The maximum absolute atomic E-state index is 10.1. The second-order valence-corrected chi connectivity index (χ2v) is 4.82. The van der Waals surface area contributed by atoms with Gasteiger partial charge in [-0.2, -0.15) is 0 Å². The van der Waals surface area contributed by atoms with Gasteiger partial charge in [0.1, 0.15) is 5.52 Å². The van der Waals surface area contributed by atoms with Gasteiger partial charge in [0.2, 0.25) is 0 Å². The van der Waals surface area contributed by atoms with Crippen molar-refractivity contribution in [1.82, 2.24) is 4.98 Å². The Morgan fingerprint density at radius 1 is 1.50 bits per heavy atom. The van der Waals surface area contributed by atoms with Gasteiger partial charge in [-0.05, 0) is 17.7 Å². The summed E-state index contributed by atoms with van der Waals surface area (Å²) in [6.45, 7) is 3.02. The number of aryl methyl sites for hydroxylation is 1. The third-order valence-electron chi connectivity index (χ3n) is 3.65. The molecule has 5 nitrogen and oxygen atoms in total. The van der Waals surface area contributed by atoms with Crippen LogP contribution in [0.2, 0.25) is 0 Å². The Labute approximate surface area is 105 Å². The third kappa shape index (κ3) is 1.55. The molecule has 1 saturated heterocycles. The van der Waals surface area contributed by atoms with Gasteiger partial charge in [0.25, 0.3) is 0 Å². The fourth-order valence-corrected chi connectivity index (χ4v) is 2.45. The molecule has 0 radical (unpaired) electrons. The zero-order valence-electron chi connectivity index (χ0n) is 10.2. The summed E-state index contributed by atoms with van der Waals surface area (Å²) in [5.74, 6) is 0.639. The van der Waals surface area contributed by atoms with E-state index in [4.69, 9.17) is 14.9 Å². The van der Waals surface area contributed by atoms with Crippen LogP contribution in [0.4, 0.5) is 0 Å². The van der Waals surface area contributed by atoms with Crippen LogP contribution in [0.1, 0.15) is 11.5 Å². The second kappa shape index (κ2) is 4.05. The lowest BCUT2D eigenvalue weighted by Gasteiger charge is -2.45. The van der Waals surface area contributed by atoms with E-state index in [1.54, 1.807) is 0 Å². The van der Waals surface area contributed by atoms with E-state index in [-0.39, 0.29) is 6.54 Å². The molecule has 3 rings (SSSR count). The third-order valence-corrected chi connectivity index (χ3v) is 3.65. The van der Waals surface area contributed by atoms with Crippen molar-refractivity contribution >= 4 is 11.1 Å². The van der Waals surface area contributed by atoms with E-state index in [0.717, 1.165) is 16.7 Å². The van der Waals surface area contributed by atoms with E-state index in [0.29, 0.717) is 19.1 Å². The fraction of sp³-hybridized carbons (Fsp3) is 0.462. The first-order valence-electron chi connectivity index (χ1n) is 5.99. The average molecular weight is 248 g/mol. The van der Waals surface area contributed by atoms with E-state index in [9.17, 15) is 5.11 Å². The average Bonchev–Trinajstić information content (AvgIpc) is 2.66. The zero-order valence-corrected chi connectivity index (χ0v) is 10.2. The number of aromatic nitrogens is 1. The number of nitrogens with two attached hydrogens (primary N) is 1. The number of benzene rings is 1. The molecule has 0 amide bonds. The van der Waals surface area contributed by atoms with Crippen molar-refractivity contribution in [2.45, 2.75) is 18.4 Å². The van der Waals surface area contributed by atoms with Gasteiger partial charge in [-0.25, -0.2) is 4.98 Å². The smallest absolute Gasteiger partial charge is 0.192 e. The summed E-state index contributed by atoms with van der Waals surface area (Å²) in [5.41, 5.74) is 7.74. The summed E-state index contributed by atoms with van der Waals surface area (Å²) < 4.78 is 10.8. The van der Waals surface area contributed by atoms with Gasteiger partial charge in [0.15, 0.2) is 11.5 Å². The van der Waals surface area contributed by atoms with Crippen molar-refractivity contribution < 1.29 is 14.3 Å². The summed E-state index contributed by atoms with van der Waals surface area (Å²) in [6, 6.07) is 5.80. The molecule has 18 heavy (non-hydrogen) atoms. The highest BCUT2D eigenvalue weighted by molar-refractivity contribution is 5.74. The molecule has 3 N–H and O–H groups in total. The summed E-state index contributed by atoms with van der Waals surface area (Å²) in [6.07, 6.45) is -0.604. The number of fused-ring (bicyclic) bond motifs is 1. The zero-order chi connectivity index (χ0) is 12.8. The van der Waals surface area contributed by atoms with Crippen LogP contribution in [0.5, 0.6) is 0 Å². The quantitative estimate of drug-likeness (QED) is 0.836. The van der Waals surface area contributed by atoms with E-state index in [2.05, 4.69) is 4.98 Å². The molecule has 0 aliphatic carbocycles. The van der Waals surface area contributed by atoms with Gasteiger partial charge in [-0.1, -0.05) is 6.07 Å². The van der Waals surface area contributed by atoms with Crippen molar-refractivity contribution in [3.8, 4) is 0 Å². The molecular weight excluding hydrogens is 232 g/mol. The predicted octanol–water partition coefficient (Wildman–Crippen LogP) is 0.724. The molecule has 1 aromatic heterocycles. The monoisotopic (exact) mass is 248 g/mol. The minimum Gasteiger partial charge on any atom is -0.441 e. The molecule has 0 spiro atoms. The number of oxazole rings is 1. The first-order chi connectivity index (χ1) is 8.65. The van der Waals surface area contributed by atoms with E-state index >= 15 is 0 Å². The molecule has 0 bridgehead atoms. The standard InChI is InChI=1S/C13H16N2O3/c1-8-15-10-3-2-9(4-11(10)18-8)13(6-17-7-13)12(16)5-14/h2-4,12,16H,5-7,14H2,1H3. The number of nitrogens with zero attached hydrogens (tertiary/aromatic N) is 1. The second-order valence-electron chi connectivity index (χ2n) is 4.82. The van der Waals surface area contributed by atoms with E-state index in [1.807, 2.05) is 25.1 Å². The lowest BCUT2D eigenvalue weighted by Crippen LogP contribution is -2.57. The summed E-state index contributed by atoms with van der Waals surface area (Å²) in [4.78, 5) is 4.26. The topological polar surface area (TPSA) is 81.5 Å². The Kier molecular flexibility index (Phi) is 2.62. The van der Waals surface area contributed by atoms with Crippen LogP contribution in [0.25, 0.3) is 11.1 Å². The highest BCUT2D eigenvalue weighted by Gasteiger charge is 2.46. The van der Waals surface area contributed by atoms with Crippen molar-refractivity contribution in [1.29, 1.82) is 0 Å². The van der Waals surface area contributed by atoms with Crippen LogP contribution in [0.15, 0.2) is 22.6 Å². The summed E-state index contributed by atoms with van der Waals surface area (Å²) in [7, 11) is 0. The van der Waals surface area contributed by atoms with E-state index < -0.39 is 11.5 Å². The first kappa shape index (κ1) is 11.6. The van der Waals surface area contributed by atoms with Crippen LogP contribution in [0.3, 0.4) is 0 Å². The minimum absolute atomic E-state index is 0.219. The van der Waals surface area contributed by atoms with Gasteiger partial charge in [-0.3, -0.25) is 0 Å². The summed E-state index contributed by atoms with van der Waals surface area (Å²) >= 11 is 0. The van der Waals surface area contributed by atoms with Gasteiger partial charge in [0, 0.05) is 13.5 Å². The van der Waals surface area contributed by atoms with Crippen molar-refractivity contribution in [3.63, 3.8) is 0 Å². The van der Waals surface area contributed by atoms with Gasteiger partial charge in [-0.15, -0.1) is 0 Å². The van der Waals surface area contributed by atoms with Crippen LogP contribution in [-0.4, -0.2) is 36.0 Å². The molecule has 1 unspecified atom stereocenters. The molecule has 96 valence electrons. The molecular formula is C13H16N2O3. The lowest BCUT2D eigenvalue weighted by molar-refractivity contribution is -0.116. The Hall–Kier alpha value is -1.43. The number of ether oxygens (including phenoxy) is 1. The molecule has 2 heterocycles. The van der Waals surface area contributed by atoms with Crippen LogP contribution < -0.4 is 5.73 Å². The van der Waals surface area contributed by atoms with Gasteiger partial charge >= 0.3 is 0 Å². The highest BCUT2D eigenvalue weighted by atomic mass is 16.5. The molecule has 1 aliphatic heterocycles. The minimum atomic E-state index is -0.604. The Morgan fingerprint density at radius 2 is 2.28 bits per heavy atom. The van der Waals surface area contributed by atoms with Crippen molar-refractivity contribution in [2.75, 3.05) is 19.8 Å².